The average Bonchev–Trinajstić information content (AvgIpc) is 1.99. The maximum absolute atomic E-state index is 12.7. The predicted octanol–water partition coefficient (Wildman–Crippen LogP) is 3.26. The molecule has 0 aliphatic carbocycles. The third kappa shape index (κ3) is 1.51. The molecule has 0 unspecified atom stereocenters. The fourth-order valence-corrected chi connectivity index (χ4v) is 1.11. The van der Waals surface area contributed by atoms with Crippen LogP contribution >= 0.6 is 11.6 Å². The van der Waals surface area contributed by atoms with Gasteiger partial charge in [0.05, 0.1) is 0 Å². The van der Waals surface area contributed by atoms with Crippen LogP contribution < -0.4 is 0 Å². The second-order valence-corrected chi connectivity index (χ2v) is 2.67. The van der Waals surface area contributed by atoms with Crippen molar-refractivity contribution in [3.63, 3.8) is 0 Å². The van der Waals surface area contributed by atoms with Crippen molar-refractivity contribution in [1.82, 2.24) is 0 Å². The molecular formula is C8H7ClF2. The van der Waals surface area contributed by atoms with E-state index < -0.39 is 12.5 Å². The summed E-state index contributed by atoms with van der Waals surface area (Å²) < 4.78 is 24.9. The molecule has 1 aromatic rings. The number of benzene rings is 1. The quantitative estimate of drug-likeness (QED) is 0.616. The Balaban J connectivity index is 3.29. The summed E-state index contributed by atoms with van der Waals surface area (Å²) in [5.41, 5.74) is 0.534. The maximum atomic E-state index is 12.7. The van der Waals surface area contributed by atoms with E-state index in [1.54, 1.807) is 0 Å². The van der Waals surface area contributed by atoms with E-state index in [1.807, 2.05) is 0 Å². The highest BCUT2D eigenvalue weighted by molar-refractivity contribution is 6.31. The van der Waals surface area contributed by atoms with Crippen LogP contribution in [0.25, 0.3) is 0 Å². The molecule has 0 aromatic heterocycles. The minimum absolute atomic E-state index is 0.242. The molecule has 0 aliphatic heterocycles. The zero-order valence-corrected chi connectivity index (χ0v) is 6.75. The fraction of sp³-hybridized carbons (Fsp3) is 0.250. The van der Waals surface area contributed by atoms with Crippen molar-refractivity contribution in [2.45, 2.75) is 13.6 Å². The first kappa shape index (κ1) is 8.47. The number of hydrogen-bond donors (Lipinski definition) is 0. The van der Waals surface area contributed by atoms with Crippen LogP contribution in [0.15, 0.2) is 12.1 Å². The molecule has 0 saturated heterocycles. The molecule has 0 spiro atoms. The van der Waals surface area contributed by atoms with Crippen LogP contribution in [0, 0.1) is 12.7 Å². The molecule has 0 saturated carbocycles. The molecule has 0 aliphatic rings. The molecule has 0 amide bonds. The van der Waals surface area contributed by atoms with Gasteiger partial charge in [-0.2, -0.15) is 0 Å². The second-order valence-electron chi connectivity index (χ2n) is 2.27. The summed E-state index contributed by atoms with van der Waals surface area (Å²) in [5.74, 6) is -0.415. The Kier molecular flexibility index (Phi) is 2.45. The van der Waals surface area contributed by atoms with E-state index >= 15 is 0 Å². The van der Waals surface area contributed by atoms with Gasteiger partial charge < -0.3 is 0 Å². The molecule has 11 heavy (non-hydrogen) atoms. The van der Waals surface area contributed by atoms with Crippen molar-refractivity contribution in [2.24, 2.45) is 0 Å². The zero-order chi connectivity index (χ0) is 8.43. The van der Waals surface area contributed by atoms with Crippen LogP contribution in [0.4, 0.5) is 8.78 Å². The highest BCUT2D eigenvalue weighted by Gasteiger charge is 2.07. The van der Waals surface area contributed by atoms with Crippen LogP contribution in [-0.2, 0) is 6.67 Å². The first-order valence-electron chi connectivity index (χ1n) is 3.16. The first-order valence-corrected chi connectivity index (χ1v) is 3.54. The Labute approximate surface area is 68.8 Å². The van der Waals surface area contributed by atoms with Gasteiger partial charge in [0.15, 0.2) is 0 Å². The van der Waals surface area contributed by atoms with Crippen molar-refractivity contribution >= 4 is 11.6 Å². The van der Waals surface area contributed by atoms with Crippen LogP contribution in [0.3, 0.4) is 0 Å². The lowest BCUT2D eigenvalue weighted by atomic mass is 10.1. The zero-order valence-electron chi connectivity index (χ0n) is 6.00. The molecule has 1 rings (SSSR count). The Hall–Kier alpha value is -0.630. The van der Waals surface area contributed by atoms with Gasteiger partial charge in [-0.05, 0) is 24.6 Å². The van der Waals surface area contributed by atoms with E-state index in [0.29, 0.717) is 5.56 Å². The Morgan fingerprint density at radius 3 is 2.55 bits per heavy atom. The van der Waals surface area contributed by atoms with Crippen molar-refractivity contribution < 1.29 is 8.78 Å². The summed E-state index contributed by atoms with van der Waals surface area (Å²) in [6.07, 6.45) is 0. The molecule has 0 heterocycles. The van der Waals surface area contributed by atoms with E-state index in [1.165, 1.54) is 19.1 Å². The second kappa shape index (κ2) is 3.18. The van der Waals surface area contributed by atoms with Crippen LogP contribution in [0.1, 0.15) is 11.1 Å². The Bertz CT molecular complexity index is 271. The number of rotatable bonds is 1. The summed E-state index contributed by atoms with van der Waals surface area (Å²) in [5, 5.41) is 0.284. The summed E-state index contributed by atoms with van der Waals surface area (Å²) in [6.45, 7) is 0.790. The van der Waals surface area contributed by atoms with Crippen LogP contribution in [0.5, 0.6) is 0 Å². The van der Waals surface area contributed by atoms with E-state index in [4.69, 9.17) is 11.6 Å². The van der Waals surface area contributed by atoms with Crippen LogP contribution in [0.2, 0.25) is 5.02 Å². The van der Waals surface area contributed by atoms with Gasteiger partial charge in [-0.25, -0.2) is 8.78 Å². The molecule has 0 nitrogen and oxygen atoms in total. The van der Waals surface area contributed by atoms with Gasteiger partial charge in [-0.3, -0.25) is 0 Å². The minimum atomic E-state index is -0.720. The largest absolute Gasteiger partial charge is 0.246 e. The van der Waals surface area contributed by atoms with Crippen LogP contribution in [-0.4, -0.2) is 0 Å². The molecule has 0 fully saturated rings. The molecule has 0 radical (unpaired) electrons. The SMILES string of the molecule is Cc1c(F)ccc(Cl)c1CF. The lowest BCUT2D eigenvalue weighted by Gasteiger charge is -2.03. The van der Waals surface area contributed by atoms with Gasteiger partial charge in [-0.15, -0.1) is 0 Å². The van der Waals surface area contributed by atoms with Gasteiger partial charge >= 0.3 is 0 Å². The fourth-order valence-electron chi connectivity index (χ4n) is 0.859. The maximum Gasteiger partial charge on any atom is 0.126 e. The average molecular weight is 177 g/mol. The highest BCUT2D eigenvalue weighted by Crippen LogP contribution is 2.22. The smallest absolute Gasteiger partial charge is 0.126 e. The summed E-state index contributed by atoms with van der Waals surface area (Å²) in [4.78, 5) is 0. The van der Waals surface area contributed by atoms with E-state index in [0.717, 1.165) is 0 Å². The molecule has 0 N–H and O–H groups in total. The molecular weight excluding hydrogens is 170 g/mol. The molecule has 0 atom stereocenters. The predicted molar refractivity (Wildman–Crippen MR) is 41.0 cm³/mol. The van der Waals surface area contributed by atoms with E-state index in [9.17, 15) is 8.78 Å². The number of alkyl halides is 1. The van der Waals surface area contributed by atoms with Gasteiger partial charge in [0.2, 0.25) is 0 Å². The van der Waals surface area contributed by atoms with Gasteiger partial charge in [0.1, 0.15) is 12.5 Å². The van der Waals surface area contributed by atoms with Crippen molar-refractivity contribution in [1.29, 1.82) is 0 Å². The number of hydrogen-bond acceptors (Lipinski definition) is 0. The van der Waals surface area contributed by atoms with Gasteiger partial charge in [0, 0.05) is 10.6 Å². The monoisotopic (exact) mass is 176 g/mol. The van der Waals surface area contributed by atoms with E-state index in [-0.39, 0.29) is 10.6 Å². The molecule has 3 heteroatoms. The topological polar surface area (TPSA) is 0 Å². The lowest BCUT2D eigenvalue weighted by Crippen LogP contribution is -1.90. The summed E-state index contributed by atoms with van der Waals surface area (Å²) in [6, 6.07) is 2.59. The van der Waals surface area contributed by atoms with Gasteiger partial charge in [-0.1, -0.05) is 11.6 Å². The number of halogens is 3. The standard InChI is InChI=1S/C8H7ClF2/c1-5-6(4-10)7(9)2-3-8(5)11/h2-3H,4H2,1H3. The summed E-state index contributed by atoms with van der Waals surface area (Å²) in [7, 11) is 0. The molecule has 0 bridgehead atoms. The minimum Gasteiger partial charge on any atom is -0.246 e. The third-order valence-electron chi connectivity index (χ3n) is 1.61. The first-order chi connectivity index (χ1) is 5.16. The molecule has 1 aromatic carbocycles. The van der Waals surface area contributed by atoms with Crippen molar-refractivity contribution in [2.75, 3.05) is 0 Å². The van der Waals surface area contributed by atoms with Crippen molar-refractivity contribution in [3.8, 4) is 0 Å². The molecule has 60 valence electrons. The Morgan fingerprint density at radius 1 is 1.45 bits per heavy atom. The lowest BCUT2D eigenvalue weighted by molar-refractivity contribution is 0.480. The third-order valence-corrected chi connectivity index (χ3v) is 1.96. The highest BCUT2D eigenvalue weighted by atomic mass is 35.5. The van der Waals surface area contributed by atoms with Crippen molar-refractivity contribution in [3.05, 3.63) is 34.1 Å². The van der Waals surface area contributed by atoms with E-state index in [2.05, 4.69) is 0 Å². The normalized spacial score (nSPS) is 10.2. The van der Waals surface area contributed by atoms with Gasteiger partial charge in [0.25, 0.3) is 0 Å². The Morgan fingerprint density at radius 2 is 2.09 bits per heavy atom. The summed E-state index contributed by atoms with van der Waals surface area (Å²) >= 11 is 5.59.